The van der Waals surface area contributed by atoms with Crippen LogP contribution in [0.15, 0.2) is 60.9 Å². The molecular formula is C27H23ClF4N6O3S. The van der Waals surface area contributed by atoms with E-state index < -0.39 is 56.9 Å². The first-order valence-corrected chi connectivity index (χ1v) is 14.2. The molecule has 1 unspecified atom stereocenters. The number of benzene rings is 2. The standard InChI is InChI=1S/C27H23ClF4N6O3S/c28-19-11-18(24(38-42(39)40)16-4-1-2-6-20(16)30)22(31)23(32)25(19)41-26-17(5-3-8-34-26)21-7-9-35-27(37-21)36-15-10-14(29)12-33-13-15/h1-9,11,14-15,24,33,42H,10,12-13H2,(H,35,36,37)(H,38,39,40)/t14-,15-,24?/m0/s1. The molecule has 4 aromatic rings. The van der Waals surface area contributed by atoms with Crippen molar-refractivity contribution in [3.05, 3.63) is 94.5 Å². The van der Waals surface area contributed by atoms with Gasteiger partial charge < -0.3 is 15.4 Å². The summed E-state index contributed by atoms with van der Waals surface area (Å²) in [6.45, 7) is 0.794. The molecular weight excluding hydrogens is 600 g/mol. The van der Waals surface area contributed by atoms with Crippen molar-refractivity contribution >= 4 is 28.4 Å². The lowest BCUT2D eigenvalue weighted by molar-refractivity contribution is 0.254. The monoisotopic (exact) mass is 622 g/mol. The molecule has 15 heteroatoms. The van der Waals surface area contributed by atoms with E-state index >= 15 is 8.78 Å². The van der Waals surface area contributed by atoms with Crippen LogP contribution in [0.1, 0.15) is 23.6 Å². The molecule has 3 N–H and O–H groups in total. The van der Waals surface area contributed by atoms with Crippen molar-refractivity contribution < 1.29 is 30.7 Å². The average Bonchev–Trinajstić information content (AvgIpc) is 2.97. The second-order valence-electron chi connectivity index (χ2n) is 9.30. The molecule has 0 bridgehead atoms. The third kappa shape index (κ3) is 6.62. The first-order chi connectivity index (χ1) is 20.2. The van der Waals surface area contributed by atoms with E-state index in [4.69, 9.17) is 16.3 Å². The number of halogens is 5. The molecule has 3 atom stereocenters. The van der Waals surface area contributed by atoms with Crippen molar-refractivity contribution in [2.45, 2.75) is 24.7 Å². The van der Waals surface area contributed by atoms with E-state index in [1.807, 2.05) is 4.72 Å². The molecule has 3 heterocycles. The zero-order valence-electron chi connectivity index (χ0n) is 21.5. The summed E-state index contributed by atoms with van der Waals surface area (Å²) in [5.74, 6) is -4.59. The van der Waals surface area contributed by atoms with Gasteiger partial charge in [-0.2, -0.15) is 4.39 Å². The van der Waals surface area contributed by atoms with Gasteiger partial charge in [0.15, 0.2) is 11.6 Å². The zero-order valence-corrected chi connectivity index (χ0v) is 23.2. The number of pyridine rings is 1. The third-order valence-electron chi connectivity index (χ3n) is 6.44. The van der Waals surface area contributed by atoms with E-state index in [0.717, 1.165) is 12.1 Å². The van der Waals surface area contributed by atoms with Gasteiger partial charge in [-0.25, -0.2) is 41.3 Å². The summed E-state index contributed by atoms with van der Waals surface area (Å²) >= 11 is 6.30. The predicted octanol–water partition coefficient (Wildman–Crippen LogP) is 4.72. The summed E-state index contributed by atoms with van der Waals surface area (Å²) in [6, 6.07) is 8.85. The normalized spacial score (nSPS) is 17.7. The first kappa shape index (κ1) is 29.6. The molecule has 0 aliphatic carbocycles. The van der Waals surface area contributed by atoms with Crippen LogP contribution in [0.25, 0.3) is 11.3 Å². The number of piperidine rings is 1. The Balaban J connectivity index is 1.47. The van der Waals surface area contributed by atoms with Crippen LogP contribution in [-0.4, -0.2) is 48.7 Å². The van der Waals surface area contributed by atoms with Crippen LogP contribution in [-0.2, 0) is 10.9 Å². The van der Waals surface area contributed by atoms with Crippen molar-refractivity contribution in [2.24, 2.45) is 0 Å². The SMILES string of the molecule is O=[SH](=O)NC(c1ccccc1F)c1cc(Cl)c(Oc2ncccc2-c2ccnc(N[C@@H]3CNC[C@@H](F)C3)n2)c(F)c1F. The van der Waals surface area contributed by atoms with Crippen molar-refractivity contribution in [1.29, 1.82) is 0 Å². The van der Waals surface area contributed by atoms with Gasteiger partial charge in [0.2, 0.25) is 28.5 Å². The summed E-state index contributed by atoms with van der Waals surface area (Å²) in [6.07, 6.45) is 2.08. The Hall–Kier alpha value is -3.85. The largest absolute Gasteiger partial charge is 0.434 e. The Morgan fingerprint density at radius 2 is 1.81 bits per heavy atom. The average molecular weight is 623 g/mol. The highest BCUT2D eigenvalue weighted by molar-refractivity contribution is 7.70. The van der Waals surface area contributed by atoms with E-state index in [9.17, 15) is 17.2 Å². The number of aromatic nitrogens is 3. The number of rotatable bonds is 9. The fraction of sp³-hybridized carbons (Fsp3) is 0.222. The number of hydrogen-bond acceptors (Lipinski definition) is 8. The Morgan fingerprint density at radius 3 is 2.57 bits per heavy atom. The van der Waals surface area contributed by atoms with Crippen LogP contribution in [0.2, 0.25) is 5.02 Å². The Kier molecular flexibility index (Phi) is 9.16. The summed E-state index contributed by atoms with van der Waals surface area (Å²) in [4.78, 5) is 12.7. The van der Waals surface area contributed by atoms with Gasteiger partial charge in [-0.05, 0) is 30.3 Å². The minimum Gasteiger partial charge on any atom is -0.434 e. The maximum absolute atomic E-state index is 15.5. The smallest absolute Gasteiger partial charge is 0.228 e. The number of ether oxygens (including phenoxy) is 1. The minimum absolute atomic E-state index is 0.176. The molecule has 0 amide bonds. The van der Waals surface area contributed by atoms with Gasteiger partial charge in [0, 0.05) is 49.1 Å². The van der Waals surface area contributed by atoms with E-state index in [1.54, 1.807) is 18.2 Å². The number of nitrogens with zero attached hydrogens (tertiary/aromatic N) is 3. The molecule has 5 rings (SSSR count). The fourth-order valence-corrected chi connectivity index (χ4v) is 5.27. The molecule has 2 aromatic heterocycles. The van der Waals surface area contributed by atoms with E-state index in [1.165, 1.54) is 30.6 Å². The zero-order chi connectivity index (χ0) is 29.8. The molecule has 2 aromatic carbocycles. The highest BCUT2D eigenvalue weighted by Gasteiger charge is 2.29. The van der Waals surface area contributed by atoms with E-state index in [0.29, 0.717) is 12.2 Å². The number of nitrogens with one attached hydrogen (secondary N) is 3. The number of thiol groups is 1. The second-order valence-corrected chi connectivity index (χ2v) is 10.5. The summed E-state index contributed by atoms with van der Waals surface area (Å²) < 4.78 is 89.8. The maximum atomic E-state index is 15.5. The van der Waals surface area contributed by atoms with Crippen LogP contribution in [0.3, 0.4) is 0 Å². The van der Waals surface area contributed by atoms with Crippen LogP contribution in [0.5, 0.6) is 11.6 Å². The van der Waals surface area contributed by atoms with Gasteiger partial charge in [0.25, 0.3) is 0 Å². The predicted molar refractivity (Wildman–Crippen MR) is 148 cm³/mol. The van der Waals surface area contributed by atoms with Gasteiger partial charge in [-0.3, -0.25) is 0 Å². The lowest BCUT2D eigenvalue weighted by atomic mass is 9.98. The minimum atomic E-state index is -3.35. The molecule has 220 valence electrons. The van der Waals surface area contributed by atoms with E-state index in [-0.39, 0.29) is 42.0 Å². The summed E-state index contributed by atoms with van der Waals surface area (Å²) in [5.41, 5.74) is -0.212. The lowest BCUT2D eigenvalue weighted by Crippen LogP contribution is -2.44. The van der Waals surface area contributed by atoms with Gasteiger partial charge in [0.1, 0.15) is 12.0 Å². The Bertz CT molecular complexity index is 1670. The highest BCUT2D eigenvalue weighted by atomic mass is 35.5. The number of hydrogen-bond donors (Lipinski definition) is 4. The van der Waals surface area contributed by atoms with Gasteiger partial charge in [-0.1, -0.05) is 29.8 Å². The molecule has 1 saturated heterocycles. The van der Waals surface area contributed by atoms with E-state index in [2.05, 4.69) is 25.6 Å². The van der Waals surface area contributed by atoms with Crippen LogP contribution < -0.4 is 20.1 Å². The van der Waals surface area contributed by atoms with Crippen LogP contribution in [0, 0.1) is 17.5 Å². The molecule has 42 heavy (non-hydrogen) atoms. The maximum Gasteiger partial charge on any atom is 0.228 e. The second kappa shape index (κ2) is 13.0. The van der Waals surface area contributed by atoms with Gasteiger partial charge in [-0.15, -0.1) is 0 Å². The molecule has 9 nitrogen and oxygen atoms in total. The molecule has 0 spiro atoms. The van der Waals surface area contributed by atoms with Gasteiger partial charge in [0.05, 0.1) is 22.3 Å². The number of anilines is 1. The van der Waals surface area contributed by atoms with Crippen molar-refractivity contribution in [2.75, 3.05) is 18.4 Å². The Morgan fingerprint density at radius 1 is 1.00 bits per heavy atom. The number of alkyl halides is 1. The van der Waals surface area contributed by atoms with Gasteiger partial charge >= 0.3 is 0 Å². The quantitative estimate of drug-likeness (QED) is 0.120. The van der Waals surface area contributed by atoms with Crippen molar-refractivity contribution in [3.63, 3.8) is 0 Å². The van der Waals surface area contributed by atoms with Crippen molar-refractivity contribution in [3.8, 4) is 22.9 Å². The molecule has 1 fully saturated rings. The molecule has 1 aliphatic heterocycles. The summed E-state index contributed by atoms with van der Waals surface area (Å²) in [7, 11) is -3.35. The topological polar surface area (TPSA) is 118 Å². The lowest BCUT2D eigenvalue weighted by Gasteiger charge is -2.26. The first-order valence-electron chi connectivity index (χ1n) is 12.6. The third-order valence-corrected chi connectivity index (χ3v) is 7.19. The summed E-state index contributed by atoms with van der Waals surface area (Å²) in [5, 5.41) is 5.62. The molecule has 0 radical (unpaired) electrons. The van der Waals surface area contributed by atoms with Crippen LogP contribution >= 0.6 is 11.6 Å². The fourth-order valence-electron chi connectivity index (χ4n) is 4.55. The Labute approximate surface area is 244 Å². The molecule has 0 saturated carbocycles. The van der Waals surface area contributed by atoms with Crippen LogP contribution in [0.4, 0.5) is 23.5 Å². The van der Waals surface area contributed by atoms with Crippen molar-refractivity contribution in [1.82, 2.24) is 25.0 Å². The highest BCUT2D eigenvalue weighted by Crippen LogP contribution is 2.40. The molecule has 1 aliphatic rings.